The Bertz CT molecular complexity index is 145. The minimum Gasteiger partial charge on any atom is -0.329 e. The summed E-state index contributed by atoms with van der Waals surface area (Å²) < 4.78 is 52.7. The molecule has 1 aliphatic heterocycles. The van der Waals surface area contributed by atoms with Crippen molar-refractivity contribution in [3.05, 3.63) is 0 Å². The molecule has 1 fully saturated rings. The van der Waals surface area contributed by atoms with Crippen molar-refractivity contribution in [2.45, 2.75) is 0 Å². The molecule has 1 heterocycles. The van der Waals surface area contributed by atoms with Gasteiger partial charge in [-0.05, 0) is 0 Å². The minimum atomic E-state index is -2.83. The molecular formula is C3H6O3. The second-order valence-corrected chi connectivity index (χ2v) is 0.556. The highest BCUT2D eigenvalue weighted by molar-refractivity contribution is 4.09. The molecule has 3 heteroatoms. The van der Waals surface area contributed by atoms with Crippen molar-refractivity contribution >= 4 is 0 Å². The van der Waals surface area contributed by atoms with Crippen molar-refractivity contribution in [2.24, 2.45) is 0 Å². The second kappa shape index (κ2) is 2.12. The molecule has 0 aliphatic carbocycles. The molecule has 3 nitrogen and oxygen atoms in total. The lowest BCUT2D eigenvalue weighted by Crippen LogP contribution is -2.14. The van der Waals surface area contributed by atoms with Gasteiger partial charge in [0, 0.05) is 0 Å². The Hall–Kier alpha value is -0.120. The highest BCUT2D eigenvalue weighted by atomic mass is 16.8. The topological polar surface area (TPSA) is 27.7 Å². The Labute approximate surface area is 44.2 Å². The summed E-state index contributed by atoms with van der Waals surface area (Å²) in [6, 6.07) is 0. The summed E-state index contributed by atoms with van der Waals surface area (Å²) in [5, 5.41) is 0. The van der Waals surface area contributed by atoms with Crippen LogP contribution in [0.1, 0.15) is 8.22 Å². The summed E-state index contributed by atoms with van der Waals surface area (Å²) in [4.78, 5) is 0. The minimum absolute atomic E-state index is 2.83. The molecule has 0 aromatic carbocycles. The Morgan fingerprint density at radius 1 is 1.00 bits per heavy atom. The largest absolute Gasteiger partial charge is 0.329 e. The highest BCUT2D eigenvalue weighted by Gasteiger charge is 1.93. The van der Waals surface area contributed by atoms with Gasteiger partial charge in [0.25, 0.3) is 0 Å². The molecular weight excluding hydrogens is 84.0 g/mol. The molecule has 0 aromatic heterocycles. The van der Waals surface area contributed by atoms with E-state index in [0.29, 0.717) is 0 Å². The Morgan fingerprint density at radius 3 is 1.67 bits per heavy atom. The molecule has 0 radical (unpaired) electrons. The Kier molecular flexibility index (Phi) is 0.351. The van der Waals surface area contributed by atoms with Crippen molar-refractivity contribution < 1.29 is 22.4 Å². The molecule has 0 bridgehead atoms. The first kappa shape index (κ1) is 0.992. The van der Waals surface area contributed by atoms with Crippen molar-refractivity contribution in [2.75, 3.05) is 20.2 Å². The normalized spacial score (nSPS) is 64.0. The van der Waals surface area contributed by atoms with Gasteiger partial charge in [-0.1, -0.05) is 0 Å². The van der Waals surface area contributed by atoms with Crippen LogP contribution < -0.4 is 0 Å². The lowest BCUT2D eigenvalue weighted by atomic mass is 11.2. The fraction of sp³-hybridized carbons (Fsp3) is 1.00. The van der Waals surface area contributed by atoms with Gasteiger partial charge in [0.05, 0.1) is 8.22 Å². The van der Waals surface area contributed by atoms with Crippen molar-refractivity contribution in [1.82, 2.24) is 0 Å². The van der Waals surface area contributed by atoms with E-state index >= 15 is 0 Å². The summed E-state index contributed by atoms with van der Waals surface area (Å²) in [6.45, 7) is -8.48. The zero-order valence-corrected chi connectivity index (χ0v) is 2.72. The standard InChI is InChI=1S/C3H6O3/c1-4-2-6-3-5-1/h1-3H2/i1D2,2D2,3D2. The Morgan fingerprint density at radius 2 is 1.33 bits per heavy atom. The van der Waals surface area contributed by atoms with Crippen LogP contribution in [0.25, 0.3) is 0 Å². The van der Waals surface area contributed by atoms with Gasteiger partial charge in [0.1, 0.15) is 0 Å². The molecule has 0 amide bonds. The maximum absolute atomic E-state index is 6.80. The molecule has 1 rings (SSSR count). The highest BCUT2D eigenvalue weighted by Crippen LogP contribution is 1.87. The number of rotatable bonds is 0. The van der Waals surface area contributed by atoms with Gasteiger partial charge in [-0.15, -0.1) is 0 Å². The van der Waals surface area contributed by atoms with E-state index in [1.807, 2.05) is 0 Å². The molecule has 0 atom stereocenters. The van der Waals surface area contributed by atoms with Gasteiger partial charge >= 0.3 is 0 Å². The molecule has 0 N–H and O–H groups in total. The summed E-state index contributed by atoms with van der Waals surface area (Å²) >= 11 is 0. The molecule has 0 spiro atoms. The summed E-state index contributed by atoms with van der Waals surface area (Å²) in [6.07, 6.45) is 0. The fourth-order valence-electron chi connectivity index (χ4n) is 0.114. The second-order valence-electron chi connectivity index (χ2n) is 0.556. The van der Waals surface area contributed by atoms with Gasteiger partial charge < -0.3 is 14.2 Å². The van der Waals surface area contributed by atoms with E-state index in [4.69, 9.17) is 8.22 Å². The van der Waals surface area contributed by atoms with Crippen LogP contribution in [0, 0.1) is 0 Å². The van der Waals surface area contributed by atoms with Gasteiger partial charge in [0.2, 0.25) is 0 Å². The summed E-state index contributed by atoms with van der Waals surface area (Å²) in [7, 11) is 0. The maximum atomic E-state index is 6.80. The predicted molar refractivity (Wildman–Crippen MR) is 17.9 cm³/mol. The van der Waals surface area contributed by atoms with E-state index < -0.39 is 20.2 Å². The van der Waals surface area contributed by atoms with Crippen LogP contribution in [-0.4, -0.2) is 20.2 Å². The third-order valence-corrected chi connectivity index (χ3v) is 0.250. The van der Waals surface area contributed by atoms with Gasteiger partial charge in [0.15, 0.2) is 20.2 Å². The third kappa shape index (κ3) is 0.931. The maximum Gasteiger partial charge on any atom is 0.152 e. The van der Waals surface area contributed by atoms with Crippen LogP contribution in [0.2, 0.25) is 0 Å². The fourth-order valence-corrected chi connectivity index (χ4v) is 0.114. The zero-order valence-electron chi connectivity index (χ0n) is 8.72. The van der Waals surface area contributed by atoms with Crippen LogP contribution in [0.4, 0.5) is 0 Å². The average molecular weight is 96.1 g/mol. The number of hydrogen-bond acceptors (Lipinski definition) is 3. The van der Waals surface area contributed by atoms with E-state index in [2.05, 4.69) is 14.2 Å². The smallest absolute Gasteiger partial charge is 0.152 e. The molecule has 36 valence electrons. The molecule has 6 heavy (non-hydrogen) atoms. The van der Waals surface area contributed by atoms with Crippen LogP contribution >= 0.6 is 0 Å². The summed E-state index contributed by atoms with van der Waals surface area (Å²) in [5.41, 5.74) is 0. The van der Waals surface area contributed by atoms with Crippen molar-refractivity contribution in [3.8, 4) is 0 Å². The molecule has 1 aliphatic rings. The van der Waals surface area contributed by atoms with Gasteiger partial charge in [-0.25, -0.2) is 0 Å². The Balaban J connectivity index is 2.81. The molecule has 0 saturated carbocycles. The van der Waals surface area contributed by atoms with Crippen LogP contribution in [0.5, 0.6) is 0 Å². The third-order valence-electron chi connectivity index (χ3n) is 0.250. The van der Waals surface area contributed by atoms with Crippen LogP contribution in [0.3, 0.4) is 0 Å². The van der Waals surface area contributed by atoms with Crippen LogP contribution in [-0.2, 0) is 14.2 Å². The van der Waals surface area contributed by atoms with Gasteiger partial charge in [-0.2, -0.15) is 0 Å². The monoisotopic (exact) mass is 96.1 g/mol. The van der Waals surface area contributed by atoms with E-state index in [9.17, 15) is 0 Å². The first-order valence-corrected chi connectivity index (χ1v) is 1.22. The lowest BCUT2D eigenvalue weighted by molar-refractivity contribution is -0.247. The SMILES string of the molecule is [2H]C1([2H])OC([2H])([2H])OC([2H])([2H])O1. The average Bonchev–Trinajstić information content (AvgIpc) is 1.44. The van der Waals surface area contributed by atoms with E-state index in [1.54, 1.807) is 0 Å². The first-order chi connectivity index (χ1) is 5.12. The predicted octanol–water partition coefficient (Wildman–Crippen LogP) is -0.0777. The van der Waals surface area contributed by atoms with Crippen molar-refractivity contribution in [3.63, 3.8) is 0 Å². The van der Waals surface area contributed by atoms with E-state index in [-0.39, 0.29) is 0 Å². The summed E-state index contributed by atoms with van der Waals surface area (Å²) in [5.74, 6) is 0. The molecule has 0 aromatic rings. The quantitative estimate of drug-likeness (QED) is 0.422. The van der Waals surface area contributed by atoms with E-state index in [0.717, 1.165) is 0 Å². The zero-order chi connectivity index (χ0) is 9.62. The van der Waals surface area contributed by atoms with Gasteiger partial charge in [-0.3, -0.25) is 0 Å². The number of ether oxygens (including phenoxy) is 3. The molecule has 1 saturated heterocycles. The van der Waals surface area contributed by atoms with E-state index in [1.165, 1.54) is 0 Å². The molecule has 0 unspecified atom stereocenters. The lowest BCUT2D eigenvalue weighted by Gasteiger charge is -2.10. The number of hydrogen-bond donors (Lipinski definition) is 0. The van der Waals surface area contributed by atoms with Crippen LogP contribution in [0.15, 0.2) is 0 Å². The first-order valence-electron chi connectivity index (χ1n) is 4.22. The van der Waals surface area contributed by atoms with Crippen molar-refractivity contribution in [1.29, 1.82) is 0 Å².